The van der Waals surface area contributed by atoms with Gasteiger partial charge in [-0.05, 0) is 20.8 Å². The zero-order valence-corrected chi connectivity index (χ0v) is 10.2. The van der Waals surface area contributed by atoms with Crippen LogP contribution in [0.5, 0.6) is 0 Å². The second kappa shape index (κ2) is 6.87. The van der Waals surface area contributed by atoms with Gasteiger partial charge in [-0.15, -0.1) is 0 Å². The Morgan fingerprint density at radius 1 is 1.33 bits per heavy atom. The maximum Gasteiger partial charge on any atom is 0.431 e. The molecule has 0 atom stereocenters. The molecule has 5 nitrogen and oxygen atoms in total. The molecule has 18 heavy (non-hydrogen) atoms. The minimum Gasteiger partial charge on any atom is -0.463 e. The standard InChI is InChI=1S/C10H15F3N2O3/c1-4-18-8(16)5-7(10(11,12)13)15-9(17)14-6(2)3/h5-6H,4H2,1-3H3,(H2,14,15,17). The fourth-order valence-corrected chi connectivity index (χ4v) is 0.911. The number of esters is 1. The third-order valence-corrected chi connectivity index (χ3v) is 1.52. The number of allylic oxidation sites excluding steroid dienone is 1. The Balaban J connectivity index is 4.82. The SMILES string of the molecule is CCOC(=O)C=C(NC(=O)NC(C)C)C(F)(F)F. The largest absolute Gasteiger partial charge is 0.463 e. The van der Waals surface area contributed by atoms with Gasteiger partial charge in [0.2, 0.25) is 0 Å². The summed E-state index contributed by atoms with van der Waals surface area (Å²) in [7, 11) is 0. The minimum absolute atomic E-state index is 0.0569. The number of hydrogen-bond acceptors (Lipinski definition) is 3. The first-order valence-corrected chi connectivity index (χ1v) is 5.20. The topological polar surface area (TPSA) is 67.4 Å². The van der Waals surface area contributed by atoms with Crippen LogP contribution < -0.4 is 10.6 Å². The van der Waals surface area contributed by atoms with Crippen molar-refractivity contribution in [2.75, 3.05) is 6.61 Å². The Morgan fingerprint density at radius 2 is 1.89 bits per heavy atom. The fourth-order valence-electron chi connectivity index (χ4n) is 0.911. The Labute approximate surface area is 102 Å². The molecule has 0 rings (SSSR count). The first kappa shape index (κ1) is 16.3. The predicted octanol–water partition coefficient (Wildman–Crippen LogP) is 1.70. The highest BCUT2D eigenvalue weighted by atomic mass is 19.4. The molecule has 0 aliphatic carbocycles. The highest BCUT2D eigenvalue weighted by molar-refractivity contribution is 5.85. The molecule has 0 aromatic heterocycles. The van der Waals surface area contributed by atoms with Gasteiger partial charge >= 0.3 is 18.2 Å². The number of halogens is 3. The summed E-state index contributed by atoms with van der Waals surface area (Å²) >= 11 is 0. The summed E-state index contributed by atoms with van der Waals surface area (Å²) in [5.41, 5.74) is -1.47. The zero-order chi connectivity index (χ0) is 14.3. The Kier molecular flexibility index (Phi) is 6.21. The van der Waals surface area contributed by atoms with Crippen LogP contribution in [0.25, 0.3) is 0 Å². The van der Waals surface area contributed by atoms with Gasteiger partial charge in [0.15, 0.2) is 0 Å². The summed E-state index contributed by atoms with van der Waals surface area (Å²) in [5, 5.41) is 3.77. The number of ether oxygens (including phenoxy) is 1. The molecule has 2 amide bonds. The van der Waals surface area contributed by atoms with Gasteiger partial charge < -0.3 is 15.4 Å². The second-order valence-corrected chi connectivity index (χ2v) is 3.56. The van der Waals surface area contributed by atoms with Crippen molar-refractivity contribution >= 4 is 12.0 Å². The molecule has 104 valence electrons. The number of nitrogens with one attached hydrogen (secondary N) is 2. The number of urea groups is 1. The number of carbonyl (C=O) groups excluding carboxylic acids is 2. The number of hydrogen-bond donors (Lipinski definition) is 2. The monoisotopic (exact) mass is 268 g/mol. The maximum absolute atomic E-state index is 12.5. The second-order valence-electron chi connectivity index (χ2n) is 3.56. The van der Waals surface area contributed by atoms with Gasteiger partial charge in [0, 0.05) is 6.04 Å². The van der Waals surface area contributed by atoms with Crippen LogP contribution in [0.3, 0.4) is 0 Å². The Morgan fingerprint density at radius 3 is 2.28 bits per heavy atom. The molecule has 0 aliphatic heterocycles. The molecule has 0 fully saturated rings. The summed E-state index contributed by atoms with van der Waals surface area (Å²) in [6.07, 6.45) is -4.65. The first-order valence-electron chi connectivity index (χ1n) is 5.20. The molecule has 0 aliphatic rings. The van der Waals surface area contributed by atoms with Crippen molar-refractivity contribution in [1.82, 2.24) is 10.6 Å². The highest BCUT2D eigenvalue weighted by Crippen LogP contribution is 2.23. The molecule has 2 N–H and O–H groups in total. The van der Waals surface area contributed by atoms with Crippen LogP contribution in [0.4, 0.5) is 18.0 Å². The third kappa shape index (κ3) is 6.77. The zero-order valence-electron chi connectivity index (χ0n) is 10.2. The molecule has 0 saturated heterocycles. The summed E-state index contributed by atoms with van der Waals surface area (Å²) < 4.78 is 41.8. The molecule has 0 bridgehead atoms. The summed E-state index contributed by atoms with van der Waals surface area (Å²) in [6, 6.07) is -1.38. The van der Waals surface area contributed by atoms with E-state index >= 15 is 0 Å². The number of alkyl halides is 3. The van der Waals surface area contributed by atoms with Gasteiger partial charge in [-0.1, -0.05) is 0 Å². The van der Waals surface area contributed by atoms with Crippen LogP contribution in [0, 0.1) is 0 Å². The maximum atomic E-state index is 12.5. The average Bonchev–Trinajstić information content (AvgIpc) is 2.14. The quantitative estimate of drug-likeness (QED) is 0.602. The minimum atomic E-state index is -4.85. The molecular formula is C10H15F3N2O3. The molecule has 0 radical (unpaired) electrons. The fraction of sp³-hybridized carbons (Fsp3) is 0.600. The van der Waals surface area contributed by atoms with E-state index in [-0.39, 0.29) is 18.7 Å². The molecule has 0 spiro atoms. The highest BCUT2D eigenvalue weighted by Gasteiger charge is 2.36. The third-order valence-electron chi connectivity index (χ3n) is 1.52. The van der Waals surface area contributed by atoms with Crippen molar-refractivity contribution in [3.63, 3.8) is 0 Å². The van der Waals surface area contributed by atoms with E-state index in [0.717, 1.165) is 0 Å². The van der Waals surface area contributed by atoms with Crippen molar-refractivity contribution in [2.45, 2.75) is 33.0 Å². The van der Waals surface area contributed by atoms with Gasteiger partial charge in [0.1, 0.15) is 5.70 Å². The van der Waals surface area contributed by atoms with E-state index in [4.69, 9.17) is 0 Å². The lowest BCUT2D eigenvalue weighted by Gasteiger charge is -2.15. The van der Waals surface area contributed by atoms with Crippen LogP contribution in [-0.2, 0) is 9.53 Å². The number of amides is 2. The van der Waals surface area contributed by atoms with E-state index in [1.165, 1.54) is 6.92 Å². The van der Waals surface area contributed by atoms with E-state index < -0.39 is 23.9 Å². The van der Waals surface area contributed by atoms with Gasteiger partial charge in [-0.2, -0.15) is 13.2 Å². The van der Waals surface area contributed by atoms with E-state index in [2.05, 4.69) is 10.1 Å². The Hall–Kier alpha value is -1.73. The van der Waals surface area contributed by atoms with Crippen molar-refractivity contribution in [3.05, 3.63) is 11.8 Å². The molecular weight excluding hydrogens is 253 g/mol. The molecule has 0 saturated carbocycles. The smallest absolute Gasteiger partial charge is 0.431 e. The van der Waals surface area contributed by atoms with Crippen LogP contribution in [0.2, 0.25) is 0 Å². The number of rotatable bonds is 4. The normalized spacial score (nSPS) is 12.3. The Bertz CT molecular complexity index is 338. The van der Waals surface area contributed by atoms with Crippen LogP contribution >= 0.6 is 0 Å². The van der Waals surface area contributed by atoms with Crippen LogP contribution in [-0.4, -0.2) is 30.8 Å². The van der Waals surface area contributed by atoms with Gasteiger partial charge in [-0.3, -0.25) is 0 Å². The average molecular weight is 268 g/mol. The summed E-state index contributed by atoms with van der Waals surface area (Å²) in [6.45, 7) is 4.57. The van der Waals surface area contributed by atoms with E-state index in [1.54, 1.807) is 19.2 Å². The molecule has 0 heterocycles. The molecule has 0 aromatic carbocycles. The number of carbonyl (C=O) groups is 2. The lowest BCUT2D eigenvalue weighted by molar-refractivity contribution is -0.138. The first-order chi connectivity index (χ1) is 8.16. The lowest BCUT2D eigenvalue weighted by atomic mass is 10.3. The van der Waals surface area contributed by atoms with E-state index in [9.17, 15) is 22.8 Å². The van der Waals surface area contributed by atoms with Crippen LogP contribution in [0.15, 0.2) is 11.8 Å². The van der Waals surface area contributed by atoms with Gasteiger partial charge in [0.25, 0.3) is 0 Å². The van der Waals surface area contributed by atoms with Crippen LogP contribution in [0.1, 0.15) is 20.8 Å². The molecule has 8 heteroatoms. The van der Waals surface area contributed by atoms with E-state index in [0.29, 0.717) is 0 Å². The van der Waals surface area contributed by atoms with Crippen molar-refractivity contribution in [3.8, 4) is 0 Å². The summed E-state index contributed by atoms with van der Waals surface area (Å²) in [5.74, 6) is -1.17. The lowest BCUT2D eigenvalue weighted by Crippen LogP contribution is -2.42. The van der Waals surface area contributed by atoms with Gasteiger partial charge in [0.05, 0.1) is 12.7 Å². The molecule has 0 aromatic rings. The van der Waals surface area contributed by atoms with Crippen molar-refractivity contribution in [1.29, 1.82) is 0 Å². The predicted molar refractivity (Wildman–Crippen MR) is 57.6 cm³/mol. The molecule has 0 unspecified atom stereocenters. The van der Waals surface area contributed by atoms with Crippen molar-refractivity contribution < 1.29 is 27.5 Å². The van der Waals surface area contributed by atoms with Crippen molar-refractivity contribution in [2.24, 2.45) is 0 Å². The van der Waals surface area contributed by atoms with Gasteiger partial charge in [-0.25, -0.2) is 9.59 Å². The van der Waals surface area contributed by atoms with E-state index in [1.807, 2.05) is 0 Å². The summed E-state index contributed by atoms with van der Waals surface area (Å²) in [4.78, 5) is 22.1.